The Morgan fingerprint density at radius 3 is 2.78 bits per heavy atom. The van der Waals surface area contributed by atoms with Crippen LogP contribution in [0.4, 0.5) is 11.8 Å². The van der Waals surface area contributed by atoms with Gasteiger partial charge in [-0.3, -0.25) is 5.10 Å². The summed E-state index contributed by atoms with van der Waals surface area (Å²) < 4.78 is 6.68. The summed E-state index contributed by atoms with van der Waals surface area (Å²) in [5.74, 6) is 2.28. The maximum atomic E-state index is 8.92. The molecule has 1 saturated heterocycles. The number of H-pyrrole nitrogens is 1. The molecule has 0 amide bonds. The van der Waals surface area contributed by atoms with Crippen molar-refractivity contribution < 1.29 is 9.94 Å². The van der Waals surface area contributed by atoms with Crippen LogP contribution in [0.15, 0.2) is 42.9 Å². The number of nitrogens with zero attached hydrogens (tertiary/aromatic N) is 7. The van der Waals surface area contributed by atoms with E-state index in [4.69, 9.17) is 19.9 Å². The first-order chi connectivity index (χ1) is 18.2. The van der Waals surface area contributed by atoms with E-state index < -0.39 is 0 Å². The molecule has 5 heterocycles. The summed E-state index contributed by atoms with van der Waals surface area (Å²) in [6.07, 6.45) is 5.28. The van der Waals surface area contributed by atoms with E-state index >= 15 is 0 Å². The Hall–Kier alpha value is -3.71. The topological polar surface area (TPSA) is 128 Å². The fraction of sp³-hybridized carbons (Fsp3) is 0.320. The van der Waals surface area contributed by atoms with E-state index in [9.17, 15) is 0 Å². The number of fused-ring (bicyclic) bond motifs is 2. The Balaban J connectivity index is 1.39. The van der Waals surface area contributed by atoms with Gasteiger partial charge in [0.05, 0.1) is 41.7 Å². The van der Waals surface area contributed by atoms with Gasteiger partial charge in [0.2, 0.25) is 5.95 Å². The van der Waals surface area contributed by atoms with Gasteiger partial charge in [-0.15, -0.1) is 11.3 Å². The van der Waals surface area contributed by atoms with E-state index in [1.807, 2.05) is 24.4 Å². The van der Waals surface area contributed by atoms with Crippen LogP contribution in [0, 0.1) is 0 Å². The number of nitrogens with one attached hydrogen (secondary N) is 2. The molecular formula is C25H27N9O2S. The van der Waals surface area contributed by atoms with Crippen molar-refractivity contribution in [3.63, 3.8) is 0 Å². The van der Waals surface area contributed by atoms with E-state index in [0.29, 0.717) is 38.1 Å². The zero-order valence-corrected chi connectivity index (χ0v) is 21.2. The van der Waals surface area contributed by atoms with Crippen LogP contribution < -0.4 is 15.3 Å². The second-order valence-corrected chi connectivity index (χ2v) is 9.91. The largest absolute Gasteiger partial charge is 0.378 e. The summed E-state index contributed by atoms with van der Waals surface area (Å²) in [7, 11) is 0. The molecule has 37 heavy (non-hydrogen) atoms. The van der Waals surface area contributed by atoms with Gasteiger partial charge in [-0.25, -0.2) is 25.4 Å². The van der Waals surface area contributed by atoms with E-state index in [1.54, 1.807) is 23.7 Å². The fourth-order valence-electron chi connectivity index (χ4n) is 4.52. The van der Waals surface area contributed by atoms with Crippen LogP contribution >= 0.6 is 11.3 Å². The Labute approximate surface area is 217 Å². The molecule has 1 fully saturated rings. The Kier molecular flexibility index (Phi) is 6.62. The van der Waals surface area contributed by atoms with Gasteiger partial charge in [0.1, 0.15) is 0 Å². The zero-order valence-electron chi connectivity index (χ0n) is 20.4. The second kappa shape index (κ2) is 10.3. The molecule has 0 aliphatic carbocycles. The minimum Gasteiger partial charge on any atom is -0.378 e. The number of benzene rings is 1. The van der Waals surface area contributed by atoms with Crippen LogP contribution in [0.3, 0.4) is 0 Å². The lowest BCUT2D eigenvalue weighted by atomic mass is 10.1. The molecule has 4 aromatic heterocycles. The van der Waals surface area contributed by atoms with E-state index in [0.717, 1.165) is 62.6 Å². The molecule has 0 spiro atoms. The third kappa shape index (κ3) is 4.71. The van der Waals surface area contributed by atoms with Gasteiger partial charge in [-0.1, -0.05) is 12.1 Å². The molecule has 11 nitrogen and oxygen atoms in total. The summed E-state index contributed by atoms with van der Waals surface area (Å²) in [5.41, 5.74) is 5.79. The molecule has 0 atom stereocenters. The van der Waals surface area contributed by atoms with Gasteiger partial charge in [0.15, 0.2) is 11.6 Å². The molecule has 0 saturated carbocycles. The molecule has 190 valence electrons. The highest BCUT2D eigenvalue weighted by Crippen LogP contribution is 2.36. The lowest BCUT2D eigenvalue weighted by Crippen LogP contribution is -2.36. The van der Waals surface area contributed by atoms with Crippen molar-refractivity contribution in [3.8, 4) is 11.4 Å². The minimum atomic E-state index is 0.306. The number of anilines is 2. The number of aromatic amines is 1. The normalized spacial score (nSPS) is 14.1. The Bertz CT molecular complexity index is 1510. The highest BCUT2D eigenvalue weighted by Gasteiger charge is 2.22. The first-order valence-corrected chi connectivity index (χ1v) is 13.0. The number of hydrogen-bond acceptors (Lipinski definition) is 11. The van der Waals surface area contributed by atoms with E-state index in [2.05, 4.69) is 48.4 Å². The van der Waals surface area contributed by atoms with Gasteiger partial charge < -0.3 is 19.7 Å². The van der Waals surface area contributed by atoms with Gasteiger partial charge in [-0.2, -0.15) is 5.10 Å². The summed E-state index contributed by atoms with van der Waals surface area (Å²) in [6.45, 7) is 6.74. The molecule has 0 unspecified atom stereocenters. The zero-order chi connectivity index (χ0) is 25.2. The van der Waals surface area contributed by atoms with Crippen LogP contribution in [0.25, 0.3) is 32.5 Å². The standard InChI is InChI=1S/C25H27N9O2S/c1-2-33(25-26-11-16(12-27-25)13-29-35)15-17-10-21-22(37-17)24(34-6-8-36-9-7-34)31-23(30-21)18-4-3-5-20-19(18)14-28-32-20/h3-5,10-12,14,29,35H,2,6-9,13,15H2,1H3,(H,28,32). The quantitative estimate of drug-likeness (QED) is 0.264. The lowest BCUT2D eigenvalue weighted by molar-refractivity contribution is 0.122. The number of morpholine rings is 1. The second-order valence-electron chi connectivity index (χ2n) is 8.77. The van der Waals surface area contributed by atoms with Crippen LogP contribution in [0.5, 0.6) is 0 Å². The molecule has 0 radical (unpaired) electrons. The number of rotatable bonds is 8. The monoisotopic (exact) mass is 517 g/mol. The van der Waals surface area contributed by atoms with Crippen molar-refractivity contribution in [3.05, 3.63) is 53.3 Å². The van der Waals surface area contributed by atoms with Crippen LogP contribution in [-0.2, 0) is 17.8 Å². The van der Waals surface area contributed by atoms with Gasteiger partial charge >= 0.3 is 0 Å². The maximum absolute atomic E-state index is 8.92. The number of hydrogen-bond donors (Lipinski definition) is 3. The molecule has 5 aromatic rings. The van der Waals surface area contributed by atoms with Crippen molar-refractivity contribution in [1.29, 1.82) is 0 Å². The first kappa shape index (κ1) is 23.7. The average Bonchev–Trinajstić information content (AvgIpc) is 3.59. The number of aromatic nitrogens is 6. The lowest BCUT2D eigenvalue weighted by Gasteiger charge is -2.28. The third-order valence-electron chi connectivity index (χ3n) is 6.43. The molecule has 1 aromatic carbocycles. The third-order valence-corrected chi connectivity index (χ3v) is 7.53. The van der Waals surface area contributed by atoms with E-state index in [-0.39, 0.29) is 0 Å². The highest BCUT2D eigenvalue weighted by atomic mass is 32.1. The first-order valence-electron chi connectivity index (χ1n) is 12.2. The number of ether oxygens (including phenoxy) is 1. The molecule has 12 heteroatoms. The number of hydroxylamine groups is 1. The SMILES string of the molecule is CCN(Cc1cc2nc(-c3cccc4[nH]ncc34)nc(N3CCOCC3)c2s1)c1ncc(CNO)cn1. The van der Waals surface area contributed by atoms with Crippen molar-refractivity contribution in [2.45, 2.75) is 20.0 Å². The van der Waals surface area contributed by atoms with Crippen LogP contribution in [-0.4, -0.2) is 68.2 Å². The van der Waals surface area contributed by atoms with Gasteiger partial charge in [-0.05, 0) is 19.1 Å². The summed E-state index contributed by atoms with van der Waals surface area (Å²) in [5, 5.41) is 17.2. The van der Waals surface area contributed by atoms with E-state index in [1.165, 1.54) is 0 Å². The van der Waals surface area contributed by atoms with Crippen molar-refractivity contribution in [2.75, 3.05) is 42.6 Å². The van der Waals surface area contributed by atoms with Gasteiger partial charge in [0.25, 0.3) is 0 Å². The Morgan fingerprint density at radius 2 is 2.00 bits per heavy atom. The molecule has 0 bridgehead atoms. The van der Waals surface area contributed by atoms with Crippen LogP contribution in [0.2, 0.25) is 0 Å². The Morgan fingerprint density at radius 1 is 1.16 bits per heavy atom. The smallest absolute Gasteiger partial charge is 0.225 e. The predicted molar refractivity (Wildman–Crippen MR) is 143 cm³/mol. The van der Waals surface area contributed by atoms with Crippen LogP contribution in [0.1, 0.15) is 17.4 Å². The summed E-state index contributed by atoms with van der Waals surface area (Å²) >= 11 is 1.71. The average molecular weight is 518 g/mol. The fourth-order valence-corrected chi connectivity index (χ4v) is 5.65. The highest BCUT2D eigenvalue weighted by molar-refractivity contribution is 7.19. The molecule has 6 rings (SSSR count). The number of thiophene rings is 1. The summed E-state index contributed by atoms with van der Waals surface area (Å²) in [6, 6.07) is 8.20. The van der Waals surface area contributed by atoms with Crippen molar-refractivity contribution in [1.82, 2.24) is 35.6 Å². The molecular weight excluding hydrogens is 490 g/mol. The maximum Gasteiger partial charge on any atom is 0.225 e. The van der Waals surface area contributed by atoms with Crippen molar-refractivity contribution in [2.24, 2.45) is 0 Å². The summed E-state index contributed by atoms with van der Waals surface area (Å²) in [4.78, 5) is 24.7. The predicted octanol–water partition coefficient (Wildman–Crippen LogP) is 3.37. The molecule has 1 aliphatic heterocycles. The van der Waals surface area contributed by atoms with Crippen molar-refractivity contribution >= 4 is 44.2 Å². The van der Waals surface area contributed by atoms with Gasteiger partial charge in [0, 0.05) is 60.0 Å². The molecule has 1 aliphatic rings. The minimum absolute atomic E-state index is 0.306. The molecule has 3 N–H and O–H groups in total.